The number of fused-ring (bicyclic) bond motifs is 1. The summed E-state index contributed by atoms with van der Waals surface area (Å²) in [6, 6.07) is 5.55. The van der Waals surface area contributed by atoms with E-state index in [4.69, 9.17) is 5.11 Å². The fourth-order valence-electron chi connectivity index (χ4n) is 1.82. The molecule has 0 fully saturated rings. The van der Waals surface area contributed by atoms with Gasteiger partial charge in [-0.25, -0.2) is 4.52 Å². The number of rotatable bonds is 5. The zero-order chi connectivity index (χ0) is 13.0. The molecule has 1 amide bonds. The van der Waals surface area contributed by atoms with E-state index in [1.807, 2.05) is 18.2 Å². The second-order valence-electron chi connectivity index (χ2n) is 3.85. The first-order valence-electron chi connectivity index (χ1n) is 5.71. The van der Waals surface area contributed by atoms with Crippen molar-refractivity contribution in [1.82, 2.24) is 14.5 Å². The van der Waals surface area contributed by atoms with Gasteiger partial charge in [-0.15, -0.1) is 6.58 Å². The van der Waals surface area contributed by atoms with Crippen molar-refractivity contribution in [2.24, 2.45) is 0 Å². The molecule has 0 aromatic carbocycles. The van der Waals surface area contributed by atoms with E-state index < -0.39 is 0 Å². The van der Waals surface area contributed by atoms with E-state index in [2.05, 4.69) is 11.7 Å². The molecule has 0 atom stereocenters. The van der Waals surface area contributed by atoms with Crippen LogP contribution in [0.15, 0.2) is 43.2 Å². The average molecular weight is 245 g/mol. The molecule has 94 valence electrons. The van der Waals surface area contributed by atoms with Gasteiger partial charge in [0.15, 0.2) is 0 Å². The van der Waals surface area contributed by atoms with Crippen molar-refractivity contribution in [1.29, 1.82) is 0 Å². The lowest BCUT2D eigenvalue weighted by molar-refractivity contribution is 0.0745. The first-order valence-corrected chi connectivity index (χ1v) is 5.71. The average Bonchev–Trinajstić information content (AvgIpc) is 2.81. The number of pyridine rings is 1. The van der Waals surface area contributed by atoms with Crippen LogP contribution in [-0.2, 0) is 0 Å². The zero-order valence-corrected chi connectivity index (χ0v) is 9.99. The highest BCUT2D eigenvalue weighted by Crippen LogP contribution is 2.12. The predicted molar refractivity (Wildman–Crippen MR) is 68.4 cm³/mol. The Bertz CT molecular complexity index is 562. The van der Waals surface area contributed by atoms with Gasteiger partial charge in [0.2, 0.25) is 0 Å². The number of carbonyl (C=O) groups excluding carboxylic acids is 1. The Kier molecular flexibility index (Phi) is 3.74. The van der Waals surface area contributed by atoms with Crippen LogP contribution >= 0.6 is 0 Å². The molecule has 0 saturated heterocycles. The summed E-state index contributed by atoms with van der Waals surface area (Å²) in [5.41, 5.74) is 1.29. The second-order valence-corrected chi connectivity index (χ2v) is 3.85. The third-order valence-corrected chi connectivity index (χ3v) is 2.66. The fraction of sp³-hybridized carbons (Fsp3) is 0.231. The maximum Gasteiger partial charge on any atom is 0.258 e. The third kappa shape index (κ3) is 2.26. The first-order chi connectivity index (χ1) is 8.77. The molecule has 0 aliphatic rings. The fourth-order valence-corrected chi connectivity index (χ4v) is 1.82. The van der Waals surface area contributed by atoms with Gasteiger partial charge in [0.1, 0.15) is 0 Å². The summed E-state index contributed by atoms with van der Waals surface area (Å²) < 4.78 is 1.65. The summed E-state index contributed by atoms with van der Waals surface area (Å²) in [7, 11) is 0. The maximum absolute atomic E-state index is 12.3. The van der Waals surface area contributed by atoms with Gasteiger partial charge in [-0.2, -0.15) is 5.10 Å². The van der Waals surface area contributed by atoms with Gasteiger partial charge in [0, 0.05) is 19.3 Å². The summed E-state index contributed by atoms with van der Waals surface area (Å²) in [4.78, 5) is 13.9. The van der Waals surface area contributed by atoms with Crippen LogP contribution in [0.2, 0.25) is 0 Å². The molecule has 18 heavy (non-hydrogen) atoms. The molecule has 0 aliphatic carbocycles. The molecule has 2 rings (SSSR count). The van der Waals surface area contributed by atoms with Crippen molar-refractivity contribution in [2.75, 3.05) is 19.7 Å². The van der Waals surface area contributed by atoms with Gasteiger partial charge >= 0.3 is 0 Å². The summed E-state index contributed by atoms with van der Waals surface area (Å²) in [6.07, 6.45) is 4.97. The van der Waals surface area contributed by atoms with Crippen LogP contribution in [0.5, 0.6) is 0 Å². The number of nitrogens with zero attached hydrogens (tertiary/aromatic N) is 3. The minimum atomic E-state index is -0.148. The van der Waals surface area contributed by atoms with Crippen LogP contribution in [-0.4, -0.2) is 45.2 Å². The topological polar surface area (TPSA) is 57.8 Å². The lowest BCUT2D eigenvalue weighted by Gasteiger charge is -2.19. The van der Waals surface area contributed by atoms with Gasteiger partial charge in [-0.3, -0.25) is 4.79 Å². The number of aliphatic hydroxyl groups is 1. The Morgan fingerprint density at radius 1 is 1.56 bits per heavy atom. The number of hydrogen-bond acceptors (Lipinski definition) is 3. The standard InChI is InChI=1S/C13H15N3O2/c1-2-6-15(8-9-17)13(18)11-10-14-16-7-4-3-5-12(11)16/h2-5,7,10,17H,1,6,8-9H2. The predicted octanol–water partition coefficient (Wildman–Crippen LogP) is 0.955. The highest BCUT2D eigenvalue weighted by molar-refractivity contribution is 6.00. The van der Waals surface area contributed by atoms with Crippen LogP contribution in [0, 0.1) is 0 Å². The van der Waals surface area contributed by atoms with E-state index in [0.717, 1.165) is 5.52 Å². The van der Waals surface area contributed by atoms with E-state index in [9.17, 15) is 4.79 Å². The summed E-state index contributed by atoms with van der Waals surface area (Å²) >= 11 is 0. The molecule has 0 radical (unpaired) electrons. The molecule has 0 aliphatic heterocycles. The van der Waals surface area contributed by atoms with Crippen molar-refractivity contribution in [3.8, 4) is 0 Å². The Balaban J connectivity index is 2.34. The van der Waals surface area contributed by atoms with Crippen molar-refractivity contribution in [3.63, 3.8) is 0 Å². The summed E-state index contributed by atoms with van der Waals surface area (Å²) in [6.45, 7) is 4.23. The van der Waals surface area contributed by atoms with E-state index in [-0.39, 0.29) is 19.1 Å². The number of hydrogen-bond donors (Lipinski definition) is 1. The van der Waals surface area contributed by atoms with Crippen molar-refractivity contribution >= 4 is 11.4 Å². The minimum absolute atomic E-state index is 0.0706. The smallest absolute Gasteiger partial charge is 0.258 e. The van der Waals surface area contributed by atoms with Gasteiger partial charge in [0.25, 0.3) is 5.91 Å². The van der Waals surface area contributed by atoms with Gasteiger partial charge < -0.3 is 10.0 Å². The quantitative estimate of drug-likeness (QED) is 0.798. The molecule has 2 heterocycles. The molecule has 0 unspecified atom stereocenters. The van der Waals surface area contributed by atoms with Crippen molar-refractivity contribution < 1.29 is 9.90 Å². The minimum Gasteiger partial charge on any atom is -0.395 e. The van der Waals surface area contributed by atoms with Gasteiger partial charge in [-0.05, 0) is 12.1 Å². The maximum atomic E-state index is 12.3. The molecule has 2 aromatic heterocycles. The molecule has 1 N–H and O–H groups in total. The van der Waals surface area contributed by atoms with E-state index in [1.54, 1.807) is 23.0 Å². The molecule has 0 spiro atoms. The molecule has 0 saturated carbocycles. The highest BCUT2D eigenvalue weighted by atomic mass is 16.3. The van der Waals surface area contributed by atoms with Gasteiger partial charge in [-0.1, -0.05) is 12.1 Å². The SMILES string of the molecule is C=CCN(CCO)C(=O)c1cnn2ccccc12. The zero-order valence-electron chi connectivity index (χ0n) is 9.99. The van der Waals surface area contributed by atoms with Crippen molar-refractivity contribution in [3.05, 3.63) is 48.8 Å². The molecule has 5 heteroatoms. The number of carbonyl (C=O) groups is 1. The Morgan fingerprint density at radius 3 is 3.11 bits per heavy atom. The lowest BCUT2D eigenvalue weighted by Crippen LogP contribution is -2.33. The van der Waals surface area contributed by atoms with Crippen LogP contribution in [0.4, 0.5) is 0 Å². The van der Waals surface area contributed by atoms with Gasteiger partial charge in [0.05, 0.1) is 23.9 Å². The lowest BCUT2D eigenvalue weighted by atomic mass is 10.2. The van der Waals surface area contributed by atoms with Crippen LogP contribution < -0.4 is 0 Å². The Hall–Kier alpha value is -2.14. The number of aromatic nitrogens is 2. The highest BCUT2D eigenvalue weighted by Gasteiger charge is 2.18. The first kappa shape index (κ1) is 12.3. The van der Waals surface area contributed by atoms with Crippen LogP contribution in [0.1, 0.15) is 10.4 Å². The van der Waals surface area contributed by atoms with E-state index >= 15 is 0 Å². The van der Waals surface area contributed by atoms with Crippen LogP contribution in [0.3, 0.4) is 0 Å². The third-order valence-electron chi connectivity index (χ3n) is 2.66. The second kappa shape index (κ2) is 5.46. The van der Waals surface area contributed by atoms with Crippen molar-refractivity contribution in [2.45, 2.75) is 0 Å². The van der Waals surface area contributed by atoms with E-state index in [0.29, 0.717) is 12.1 Å². The molecular weight excluding hydrogens is 230 g/mol. The number of amides is 1. The molecule has 5 nitrogen and oxygen atoms in total. The van der Waals surface area contributed by atoms with Crippen LogP contribution in [0.25, 0.3) is 5.52 Å². The molecule has 0 bridgehead atoms. The summed E-state index contributed by atoms with van der Waals surface area (Å²) in [5, 5.41) is 13.1. The normalized spacial score (nSPS) is 10.5. The summed E-state index contributed by atoms with van der Waals surface area (Å²) in [5.74, 6) is -0.148. The monoisotopic (exact) mass is 245 g/mol. The largest absolute Gasteiger partial charge is 0.395 e. The molecule has 2 aromatic rings. The number of aliphatic hydroxyl groups excluding tert-OH is 1. The Morgan fingerprint density at radius 2 is 2.39 bits per heavy atom. The van der Waals surface area contributed by atoms with E-state index in [1.165, 1.54) is 4.90 Å². The molecular formula is C13H15N3O2. The Labute approximate surface area is 105 Å².